The molecule has 2 heterocycles. The maximum Gasteiger partial charge on any atom is 0.313 e. The number of aryl methyl sites for hydroxylation is 1. The molecule has 3 rings (SSSR count). The van der Waals surface area contributed by atoms with Crippen molar-refractivity contribution < 1.29 is 14.3 Å². The number of benzene rings is 1. The zero-order chi connectivity index (χ0) is 17.3. The number of carbonyl (C=O) groups is 1. The number of thioether (sulfide) groups is 1. The maximum atomic E-state index is 13.1. The van der Waals surface area contributed by atoms with E-state index < -0.39 is 5.97 Å². The fraction of sp³-hybridized carbons (Fsp3) is 0.133. The predicted molar refractivity (Wildman–Crippen MR) is 95.4 cm³/mol. The van der Waals surface area contributed by atoms with Gasteiger partial charge in [0.05, 0.1) is 5.75 Å². The molecule has 0 aliphatic carbocycles. The third kappa shape index (κ3) is 3.52. The summed E-state index contributed by atoms with van der Waals surface area (Å²) in [5, 5.41) is 18.2. The van der Waals surface area contributed by atoms with E-state index in [0.717, 1.165) is 32.8 Å². The Hall–Kier alpha value is -1.71. The lowest BCUT2D eigenvalue weighted by atomic mass is 10.1. The average molecular weight is 428 g/mol. The lowest BCUT2D eigenvalue weighted by molar-refractivity contribution is -0.133. The number of carboxylic acid groups (broad SMARTS) is 1. The Labute approximate surface area is 153 Å². The normalized spacial score (nSPS) is 11.0. The summed E-state index contributed by atoms with van der Waals surface area (Å²) in [7, 11) is 0. The Balaban J connectivity index is 1.99. The molecule has 0 aliphatic rings. The van der Waals surface area contributed by atoms with Crippen LogP contribution >= 0.6 is 39.0 Å². The monoisotopic (exact) mass is 427 g/mol. The summed E-state index contributed by atoms with van der Waals surface area (Å²) in [5.41, 5.74) is 1.96. The summed E-state index contributed by atoms with van der Waals surface area (Å²) >= 11 is 5.96. The van der Waals surface area contributed by atoms with Crippen LogP contribution < -0.4 is 0 Å². The van der Waals surface area contributed by atoms with Gasteiger partial charge in [0, 0.05) is 4.88 Å². The Morgan fingerprint density at radius 3 is 2.75 bits per heavy atom. The summed E-state index contributed by atoms with van der Waals surface area (Å²) < 4.78 is 15.4. The average Bonchev–Trinajstić information content (AvgIpc) is 3.09. The smallest absolute Gasteiger partial charge is 0.313 e. The van der Waals surface area contributed by atoms with Gasteiger partial charge in [-0.1, -0.05) is 23.9 Å². The Kier molecular flexibility index (Phi) is 5.02. The van der Waals surface area contributed by atoms with Crippen LogP contribution in [0.5, 0.6) is 0 Å². The number of thiophene rings is 1. The highest BCUT2D eigenvalue weighted by molar-refractivity contribution is 9.10. The Morgan fingerprint density at radius 2 is 2.08 bits per heavy atom. The molecular formula is C15H11BrFN3O2S2. The predicted octanol–water partition coefficient (Wildman–Crippen LogP) is 4.38. The standard InChI is InChI=1S/C15H11BrFN3O2S2/c1-8-6-11(24-13(8)9-2-4-10(17)5-3-9)20-14(16)18-19-15(20)23-7-12(21)22/h2-6H,7H2,1H3,(H,21,22). The van der Waals surface area contributed by atoms with Crippen molar-refractivity contribution in [2.75, 3.05) is 5.75 Å². The number of hydrogen-bond acceptors (Lipinski definition) is 5. The first kappa shape index (κ1) is 17.1. The number of carboxylic acids is 1. The van der Waals surface area contributed by atoms with Crippen LogP contribution in [0.15, 0.2) is 40.2 Å². The molecule has 0 atom stereocenters. The highest BCUT2D eigenvalue weighted by Crippen LogP contribution is 2.37. The number of hydrogen-bond donors (Lipinski definition) is 1. The highest BCUT2D eigenvalue weighted by Gasteiger charge is 2.17. The molecular weight excluding hydrogens is 417 g/mol. The van der Waals surface area contributed by atoms with Crippen molar-refractivity contribution in [1.82, 2.24) is 14.8 Å². The van der Waals surface area contributed by atoms with Crippen molar-refractivity contribution >= 4 is 45.0 Å². The molecule has 124 valence electrons. The fourth-order valence-electron chi connectivity index (χ4n) is 2.12. The van der Waals surface area contributed by atoms with E-state index >= 15 is 0 Å². The second-order valence-electron chi connectivity index (χ2n) is 4.87. The number of nitrogens with zero attached hydrogens (tertiary/aromatic N) is 3. The lowest BCUT2D eigenvalue weighted by Crippen LogP contribution is -2.01. The van der Waals surface area contributed by atoms with Gasteiger partial charge in [-0.05, 0) is 52.2 Å². The van der Waals surface area contributed by atoms with Crippen LogP contribution in [0.4, 0.5) is 4.39 Å². The van der Waals surface area contributed by atoms with Gasteiger partial charge < -0.3 is 5.11 Å². The zero-order valence-corrected chi connectivity index (χ0v) is 15.6. The molecule has 0 saturated carbocycles. The maximum absolute atomic E-state index is 13.1. The highest BCUT2D eigenvalue weighted by atomic mass is 79.9. The summed E-state index contributed by atoms with van der Waals surface area (Å²) in [6, 6.07) is 8.30. The zero-order valence-electron chi connectivity index (χ0n) is 12.4. The molecule has 0 bridgehead atoms. The first-order valence-corrected chi connectivity index (χ1v) is 9.37. The van der Waals surface area contributed by atoms with Crippen molar-refractivity contribution in [3.05, 3.63) is 46.4 Å². The molecule has 5 nitrogen and oxygen atoms in total. The van der Waals surface area contributed by atoms with Gasteiger partial charge in [0.15, 0.2) is 5.16 Å². The second kappa shape index (κ2) is 7.04. The van der Waals surface area contributed by atoms with E-state index in [1.54, 1.807) is 16.7 Å². The minimum absolute atomic E-state index is 0.0969. The Bertz CT molecular complexity index is 893. The van der Waals surface area contributed by atoms with Crippen molar-refractivity contribution in [3.63, 3.8) is 0 Å². The third-order valence-electron chi connectivity index (χ3n) is 3.15. The van der Waals surface area contributed by atoms with Crippen LogP contribution in [0.25, 0.3) is 15.4 Å². The van der Waals surface area contributed by atoms with E-state index in [-0.39, 0.29) is 11.6 Å². The fourth-order valence-corrected chi connectivity index (χ4v) is 4.70. The molecule has 0 fully saturated rings. The number of aliphatic carboxylic acids is 1. The van der Waals surface area contributed by atoms with Gasteiger partial charge in [0.1, 0.15) is 10.8 Å². The molecule has 0 saturated heterocycles. The summed E-state index contributed by atoms with van der Waals surface area (Å²) in [5.74, 6) is -1.29. The largest absolute Gasteiger partial charge is 0.481 e. The third-order valence-corrected chi connectivity index (χ3v) is 5.85. The number of rotatable bonds is 5. The molecule has 0 aliphatic heterocycles. The molecule has 9 heteroatoms. The first-order chi connectivity index (χ1) is 11.5. The van der Waals surface area contributed by atoms with Crippen molar-refractivity contribution in [1.29, 1.82) is 0 Å². The van der Waals surface area contributed by atoms with Gasteiger partial charge in [-0.25, -0.2) is 4.39 Å². The molecule has 2 aromatic heterocycles. The van der Waals surface area contributed by atoms with Gasteiger partial charge in [-0.15, -0.1) is 21.5 Å². The van der Waals surface area contributed by atoms with Crippen LogP contribution in [0, 0.1) is 12.7 Å². The Morgan fingerprint density at radius 1 is 1.38 bits per heavy atom. The summed E-state index contributed by atoms with van der Waals surface area (Å²) in [4.78, 5) is 11.8. The van der Waals surface area contributed by atoms with Crippen molar-refractivity contribution in [2.24, 2.45) is 0 Å². The first-order valence-electron chi connectivity index (χ1n) is 6.78. The molecule has 1 N–H and O–H groups in total. The van der Waals surface area contributed by atoms with Crippen LogP contribution in [0.3, 0.4) is 0 Å². The van der Waals surface area contributed by atoms with Gasteiger partial charge in [0.2, 0.25) is 4.73 Å². The van der Waals surface area contributed by atoms with Crippen LogP contribution in [-0.4, -0.2) is 31.6 Å². The number of aromatic nitrogens is 3. The lowest BCUT2D eigenvalue weighted by Gasteiger charge is -2.03. The van der Waals surface area contributed by atoms with Crippen molar-refractivity contribution in [3.8, 4) is 15.4 Å². The van der Waals surface area contributed by atoms with E-state index in [1.165, 1.54) is 23.5 Å². The molecule has 0 radical (unpaired) electrons. The molecule has 0 amide bonds. The number of halogens is 2. The summed E-state index contributed by atoms with van der Waals surface area (Å²) in [6.45, 7) is 1.97. The van der Waals surface area contributed by atoms with Gasteiger partial charge in [-0.3, -0.25) is 9.36 Å². The second-order valence-corrected chi connectivity index (χ2v) is 7.56. The van der Waals surface area contributed by atoms with E-state index in [4.69, 9.17) is 5.11 Å². The van der Waals surface area contributed by atoms with Crippen LogP contribution in [0.2, 0.25) is 0 Å². The van der Waals surface area contributed by atoms with Gasteiger partial charge >= 0.3 is 5.97 Å². The van der Waals surface area contributed by atoms with Crippen LogP contribution in [-0.2, 0) is 4.79 Å². The molecule has 0 unspecified atom stereocenters. The van der Waals surface area contributed by atoms with E-state index in [2.05, 4.69) is 26.1 Å². The molecule has 24 heavy (non-hydrogen) atoms. The molecule has 0 spiro atoms. The minimum Gasteiger partial charge on any atom is -0.481 e. The van der Waals surface area contributed by atoms with Gasteiger partial charge in [0.25, 0.3) is 0 Å². The van der Waals surface area contributed by atoms with E-state index in [0.29, 0.717) is 9.89 Å². The van der Waals surface area contributed by atoms with E-state index in [1.807, 2.05) is 13.0 Å². The summed E-state index contributed by atoms with van der Waals surface area (Å²) in [6.07, 6.45) is 0. The van der Waals surface area contributed by atoms with E-state index in [9.17, 15) is 9.18 Å². The molecule has 3 aromatic rings. The van der Waals surface area contributed by atoms with Crippen LogP contribution in [0.1, 0.15) is 5.56 Å². The SMILES string of the molecule is Cc1cc(-n2c(Br)nnc2SCC(=O)O)sc1-c1ccc(F)cc1. The topological polar surface area (TPSA) is 68.0 Å². The molecule has 1 aromatic carbocycles. The minimum atomic E-state index is -0.917. The quantitative estimate of drug-likeness (QED) is 0.611. The van der Waals surface area contributed by atoms with Crippen molar-refractivity contribution in [2.45, 2.75) is 12.1 Å². The van der Waals surface area contributed by atoms with Gasteiger partial charge in [-0.2, -0.15) is 0 Å².